The molecule has 3 rings (SSSR count). The minimum Gasteiger partial charge on any atom is -0.487 e. The number of nitrogens with one attached hydrogen (secondary N) is 1. The van der Waals surface area contributed by atoms with Crippen LogP contribution in [0.3, 0.4) is 0 Å². The first-order valence-corrected chi connectivity index (χ1v) is 10.4. The van der Waals surface area contributed by atoms with Gasteiger partial charge in [-0.15, -0.1) is 0 Å². The number of nitro groups is 1. The first-order chi connectivity index (χ1) is 13.9. The SMILES string of the molecule is CC(C)(C)OC(=O)NCCN1CCN(c2cc3c(cc2[N+](=O)[O-])CC(C)(C)O3)CC1. The van der Waals surface area contributed by atoms with Gasteiger partial charge in [-0.1, -0.05) is 0 Å². The number of benzene rings is 1. The van der Waals surface area contributed by atoms with E-state index >= 15 is 0 Å². The van der Waals surface area contributed by atoms with Gasteiger partial charge in [-0.2, -0.15) is 0 Å². The Morgan fingerprint density at radius 2 is 1.93 bits per heavy atom. The molecular formula is C21H32N4O5. The third-order valence-corrected chi connectivity index (χ3v) is 5.17. The Kier molecular flexibility index (Phi) is 6.12. The van der Waals surface area contributed by atoms with Crippen LogP contribution in [0.4, 0.5) is 16.2 Å². The van der Waals surface area contributed by atoms with E-state index < -0.39 is 11.7 Å². The summed E-state index contributed by atoms with van der Waals surface area (Å²) in [7, 11) is 0. The molecule has 1 saturated heterocycles. The van der Waals surface area contributed by atoms with Crippen molar-refractivity contribution >= 4 is 17.5 Å². The number of piperazine rings is 1. The molecule has 166 valence electrons. The van der Waals surface area contributed by atoms with Crippen molar-refractivity contribution in [3.63, 3.8) is 0 Å². The summed E-state index contributed by atoms with van der Waals surface area (Å²) >= 11 is 0. The second-order valence-electron chi connectivity index (χ2n) is 9.50. The highest BCUT2D eigenvalue weighted by Gasteiger charge is 2.34. The maximum absolute atomic E-state index is 11.7. The maximum Gasteiger partial charge on any atom is 0.407 e. The average molecular weight is 421 g/mol. The van der Waals surface area contributed by atoms with Crippen molar-refractivity contribution in [1.29, 1.82) is 0 Å². The monoisotopic (exact) mass is 420 g/mol. The number of amides is 1. The molecule has 1 aromatic carbocycles. The van der Waals surface area contributed by atoms with Crippen molar-refractivity contribution in [3.8, 4) is 5.75 Å². The van der Waals surface area contributed by atoms with E-state index in [1.807, 2.05) is 45.6 Å². The third-order valence-electron chi connectivity index (χ3n) is 5.17. The lowest BCUT2D eigenvalue weighted by Gasteiger charge is -2.36. The Labute approximate surface area is 177 Å². The van der Waals surface area contributed by atoms with E-state index in [0.717, 1.165) is 24.4 Å². The highest BCUT2D eigenvalue weighted by Crippen LogP contribution is 2.42. The molecule has 0 unspecified atom stereocenters. The molecule has 1 fully saturated rings. The number of rotatable bonds is 5. The van der Waals surface area contributed by atoms with Crippen LogP contribution in [0.2, 0.25) is 0 Å². The second kappa shape index (κ2) is 8.29. The van der Waals surface area contributed by atoms with Gasteiger partial charge >= 0.3 is 6.09 Å². The Morgan fingerprint density at radius 1 is 1.27 bits per heavy atom. The van der Waals surface area contributed by atoms with Crippen molar-refractivity contribution in [1.82, 2.24) is 10.2 Å². The largest absolute Gasteiger partial charge is 0.487 e. The van der Waals surface area contributed by atoms with Crippen molar-refractivity contribution in [2.45, 2.75) is 52.2 Å². The fourth-order valence-electron chi connectivity index (χ4n) is 3.87. The molecular weight excluding hydrogens is 388 g/mol. The van der Waals surface area contributed by atoms with Crippen LogP contribution in [-0.2, 0) is 11.2 Å². The molecule has 30 heavy (non-hydrogen) atoms. The fraction of sp³-hybridized carbons (Fsp3) is 0.667. The number of ether oxygens (including phenoxy) is 2. The predicted molar refractivity (Wildman–Crippen MR) is 114 cm³/mol. The van der Waals surface area contributed by atoms with Gasteiger partial charge in [0.1, 0.15) is 22.6 Å². The summed E-state index contributed by atoms with van der Waals surface area (Å²) in [5.41, 5.74) is 0.786. The zero-order valence-electron chi connectivity index (χ0n) is 18.5. The van der Waals surface area contributed by atoms with Crippen LogP contribution in [0.25, 0.3) is 0 Å². The molecule has 0 saturated carbocycles. The molecule has 1 N–H and O–H groups in total. The zero-order chi connectivity index (χ0) is 22.1. The lowest BCUT2D eigenvalue weighted by atomic mass is 10.0. The second-order valence-corrected chi connectivity index (χ2v) is 9.50. The predicted octanol–water partition coefficient (Wildman–Crippen LogP) is 2.96. The molecule has 0 atom stereocenters. The van der Waals surface area contributed by atoms with E-state index in [1.54, 1.807) is 6.07 Å². The van der Waals surface area contributed by atoms with Crippen molar-refractivity contribution < 1.29 is 19.2 Å². The van der Waals surface area contributed by atoms with Crippen LogP contribution in [-0.4, -0.2) is 66.4 Å². The lowest BCUT2D eigenvalue weighted by Crippen LogP contribution is -2.48. The number of alkyl carbamates (subject to hydrolysis) is 1. The molecule has 2 heterocycles. The van der Waals surface area contributed by atoms with Crippen LogP contribution in [0.15, 0.2) is 12.1 Å². The normalized spacial score (nSPS) is 18.5. The minimum absolute atomic E-state index is 0.134. The number of hydrogen-bond acceptors (Lipinski definition) is 7. The van der Waals surface area contributed by atoms with Crippen molar-refractivity contribution in [3.05, 3.63) is 27.8 Å². The maximum atomic E-state index is 11.7. The number of nitrogens with zero attached hydrogens (tertiary/aromatic N) is 3. The zero-order valence-corrected chi connectivity index (χ0v) is 18.5. The molecule has 1 amide bonds. The summed E-state index contributed by atoms with van der Waals surface area (Å²) in [6, 6.07) is 3.48. The summed E-state index contributed by atoms with van der Waals surface area (Å²) in [6.07, 6.45) is 0.250. The molecule has 0 spiro atoms. The number of nitro benzene ring substituents is 1. The van der Waals surface area contributed by atoms with Crippen molar-refractivity contribution in [2.24, 2.45) is 0 Å². The Morgan fingerprint density at radius 3 is 2.53 bits per heavy atom. The van der Waals surface area contributed by atoms with Crippen LogP contribution >= 0.6 is 0 Å². The van der Waals surface area contributed by atoms with Gasteiger partial charge in [0.05, 0.1) is 4.92 Å². The summed E-state index contributed by atoms with van der Waals surface area (Å²) in [5, 5.41) is 14.4. The number of carbonyl (C=O) groups is 1. The highest BCUT2D eigenvalue weighted by atomic mass is 16.6. The minimum atomic E-state index is -0.515. The molecule has 0 aliphatic carbocycles. The van der Waals surface area contributed by atoms with Crippen LogP contribution in [0.5, 0.6) is 5.75 Å². The van der Waals surface area contributed by atoms with Gasteiger partial charge < -0.3 is 19.7 Å². The van der Waals surface area contributed by atoms with E-state index in [0.29, 0.717) is 38.3 Å². The highest BCUT2D eigenvalue weighted by molar-refractivity contribution is 5.69. The molecule has 0 bridgehead atoms. The van der Waals surface area contributed by atoms with Crippen LogP contribution in [0.1, 0.15) is 40.2 Å². The Bertz CT molecular complexity index is 810. The van der Waals surface area contributed by atoms with E-state index in [2.05, 4.69) is 10.2 Å². The Hall–Kier alpha value is -2.55. The lowest BCUT2D eigenvalue weighted by molar-refractivity contribution is -0.384. The average Bonchev–Trinajstić information content (AvgIpc) is 2.92. The van der Waals surface area contributed by atoms with Crippen LogP contribution < -0.4 is 15.0 Å². The fourth-order valence-corrected chi connectivity index (χ4v) is 3.87. The molecule has 1 aromatic rings. The first kappa shape index (κ1) is 22.1. The molecule has 9 nitrogen and oxygen atoms in total. The molecule has 2 aliphatic heterocycles. The molecule has 0 aromatic heterocycles. The van der Waals surface area contributed by atoms with E-state index in [1.165, 1.54) is 0 Å². The number of fused-ring (bicyclic) bond motifs is 1. The van der Waals surface area contributed by atoms with E-state index in [9.17, 15) is 14.9 Å². The van der Waals surface area contributed by atoms with Gasteiger partial charge in [-0.3, -0.25) is 15.0 Å². The van der Waals surface area contributed by atoms with Crippen LogP contribution in [0, 0.1) is 10.1 Å². The quantitative estimate of drug-likeness (QED) is 0.578. The van der Waals surface area contributed by atoms with Gasteiger partial charge in [0.25, 0.3) is 5.69 Å². The third kappa shape index (κ3) is 5.53. The summed E-state index contributed by atoms with van der Waals surface area (Å²) in [4.78, 5) is 27.4. The molecule has 2 aliphatic rings. The number of hydrogen-bond donors (Lipinski definition) is 1. The molecule has 9 heteroatoms. The van der Waals surface area contributed by atoms with Gasteiger partial charge in [0, 0.05) is 63.4 Å². The topological polar surface area (TPSA) is 97.2 Å². The summed E-state index contributed by atoms with van der Waals surface area (Å²) < 4.78 is 11.2. The van der Waals surface area contributed by atoms with Crippen molar-refractivity contribution in [2.75, 3.05) is 44.2 Å². The smallest absolute Gasteiger partial charge is 0.407 e. The molecule has 0 radical (unpaired) electrons. The van der Waals surface area contributed by atoms with Gasteiger partial charge in [-0.05, 0) is 34.6 Å². The first-order valence-electron chi connectivity index (χ1n) is 10.4. The van der Waals surface area contributed by atoms with E-state index in [-0.39, 0.29) is 16.2 Å². The Balaban J connectivity index is 1.56. The van der Waals surface area contributed by atoms with Gasteiger partial charge in [0.2, 0.25) is 0 Å². The summed E-state index contributed by atoms with van der Waals surface area (Å²) in [5.74, 6) is 0.740. The summed E-state index contributed by atoms with van der Waals surface area (Å²) in [6.45, 7) is 13.5. The standard InChI is InChI=1S/C21H32N4O5/c1-20(2,3)30-19(26)22-6-7-23-8-10-24(11-9-23)16-13-18-15(12-17(16)25(27)28)14-21(4,5)29-18/h12-13H,6-11,14H2,1-5H3,(H,22,26). The van der Waals surface area contributed by atoms with E-state index in [4.69, 9.17) is 9.47 Å². The number of anilines is 1. The van der Waals surface area contributed by atoms with Gasteiger partial charge in [-0.25, -0.2) is 4.79 Å². The number of carbonyl (C=O) groups excluding carboxylic acids is 1. The van der Waals surface area contributed by atoms with Gasteiger partial charge in [0.15, 0.2) is 0 Å².